The molecule has 0 aromatic heterocycles. The lowest BCUT2D eigenvalue weighted by Gasteiger charge is -2.35. The summed E-state index contributed by atoms with van der Waals surface area (Å²) in [6.07, 6.45) is 4.52. The summed E-state index contributed by atoms with van der Waals surface area (Å²) in [4.78, 5) is 2.24. The van der Waals surface area contributed by atoms with Gasteiger partial charge in [0, 0.05) is 18.6 Å². The first-order chi connectivity index (χ1) is 10.4. The number of allylic oxidation sites excluding steroid dienone is 1. The van der Waals surface area contributed by atoms with Gasteiger partial charge in [-0.3, -0.25) is 0 Å². The van der Waals surface area contributed by atoms with Crippen molar-refractivity contribution in [2.75, 3.05) is 6.54 Å². The van der Waals surface area contributed by atoms with E-state index in [1.165, 1.54) is 11.1 Å². The molecule has 22 heavy (non-hydrogen) atoms. The van der Waals surface area contributed by atoms with Gasteiger partial charge in [0.2, 0.25) is 0 Å². The van der Waals surface area contributed by atoms with Gasteiger partial charge in [0.05, 0.1) is 5.70 Å². The quantitative estimate of drug-likeness (QED) is 0.870. The van der Waals surface area contributed by atoms with Crippen LogP contribution in [0.15, 0.2) is 53.5 Å². The first kappa shape index (κ1) is 16.5. The maximum Gasteiger partial charge on any atom is 0.123 e. The standard InChI is InChI=1S/C19H29N3/c1-5-9-16-12-13-22(14-15-10-7-6-8-11-15)18(20)17(16)21-19(2,3)4/h6-8,10-12,21H,5,9,13-14,20H2,1-4H3. The predicted octanol–water partition coefficient (Wildman–Crippen LogP) is 3.74. The second-order valence-electron chi connectivity index (χ2n) is 6.98. The highest BCUT2D eigenvalue weighted by atomic mass is 15.2. The first-order valence-electron chi connectivity index (χ1n) is 8.17. The summed E-state index contributed by atoms with van der Waals surface area (Å²) >= 11 is 0. The summed E-state index contributed by atoms with van der Waals surface area (Å²) in [5.74, 6) is 0.865. The van der Waals surface area contributed by atoms with E-state index in [1.807, 2.05) is 6.07 Å². The maximum absolute atomic E-state index is 6.50. The Morgan fingerprint density at radius 2 is 1.86 bits per heavy atom. The third-order valence-electron chi connectivity index (χ3n) is 3.71. The molecule has 0 bridgehead atoms. The number of hydrogen-bond donors (Lipinski definition) is 2. The van der Waals surface area contributed by atoms with E-state index >= 15 is 0 Å². The molecule has 0 unspecified atom stereocenters. The monoisotopic (exact) mass is 299 g/mol. The average Bonchev–Trinajstić information content (AvgIpc) is 2.46. The van der Waals surface area contributed by atoms with Crippen molar-refractivity contribution in [3.05, 3.63) is 59.1 Å². The van der Waals surface area contributed by atoms with Gasteiger partial charge in [0.1, 0.15) is 5.82 Å². The first-order valence-corrected chi connectivity index (χ1v) is 8.17. The van der Waals surface area contributed by atoms with E-state index in [2.05, 4.69) is 68.3 Å². The van der Waals surface area contributed by atoms with Gasteiger partial charge in [-0.15, -0.1) is 0 Å². The Bertz CT molecular complexity index is 550. The van der Waals surface area contributed by atoms with Gasteiger partial charge in [-0.05, 0) is 38.3 Å². The number of hydrogen-bond acceptors (Lipinski definition) is 3. The van der Waals surface area contributed by atoms with Crippen LogP contribution in [0.3, 0.4) is 0 Å². The second kappa shape index (κ2) is 6.91. The molecule has 2 rings (SSSR count). The van der Waals surface area contributed by atoms with Crippen LogP contribution in [0, 0.1) is 0 Å². The van der Waals surface area contributed by atoms with Crippen molar-refractivity contribution in [1.29, 1.82) is 0 Å². The molecule has 0 spiro atoms. The van der Waals surface area contributed by atoms with Gasteiger partial charge in [0.15, 0.2) is 0 Å². The molecule has 3 N–H and O–H groups in total. The molecular weight excluding hydrogens is 270 g/mol. The molecule has 0 saturated carbocycles. The van der Waals surface area contributed by atoms with E-state index in [-0.39, 0.29) is 5.54 Å². The Morgan fingerprint density at radius 1 is 1.18 bits per heavy atom. The van der Waals surface area contributed by atoms with E-state index in [9.17, 15) is 0 Å². The molecule has 1 aromatic rings. The Morgan fingerprint density at radius 3 is 2.45 bits per heavy atom. The summed E-state index contributed by atoms with van der Waals surface area (Å²) in [5, 5.41) is 3.60. The van der Waals surface area contributed by atoms with Crippen molar-refractivity contribution < 1.29 is 0 Å². The molecule has 3 heteroatoms. The zero-order valence-corrected chi connectivity index (χ0v) is 14.3. The zero-order chi connectivity index (χ0) is 16.2. The van der Waals surface area contributed by atoms with Gasteiger partial charge in [0.25, 0.3) is 0 Å². The van der Waals surface area contributed by atoms with Crippen LogP contribution in [-0.2, 0) is 6.54 Å². The lowest BCUT2D eigenvalue weighted by molar-refractivity contribution is 0.344. The molecule has 120 valence electrons. The fraction of sp³-hybridized carbons (Fsp3) is 0.474. The fourth-order valence-electron chi connectivity index (χ4n) is 2.71. The summed E-state index contributed by atoms with van der Waals surface area (Å²) in [7, 11) is 0. The molecule has 0 amide bonds. The number of benzene rings is 1. The average molecular weight is 299 g/mol. The zero-order valence-electron chi connectivity index (χ0n) is 14.3. The van der Waals surface area contributed by atoms with Crippen LogP contribution in [0.4, 0.5) is 0 Å². The number of nitrogens with zero attached hydrogens (tertiary/aromatic N) is 1. The molecule has 1 aliphatic rings. The van der Waals surface area contributed by atoms with Crippen LogP contribution in [0.25, 0.3) is 0 Å². The third kappa shape index (κ3) is 4.30. The van der Waals surface area contributed by atoms with Crippen molar-refractivity contribution in [1.82, 2.24) is 10.2 Å². The van der Waals surface area contributed by atoms with E-state index < -0.39 is 0 Å². The van der Waals surface area contributed by atoms with Crippen LogP contribution in [0.5, 0.6) is 0 Å². The molecular formula is C19H29N3. The highest BCUT2D eigenvalue weighted by molar-refractivity contribution is 5.37. The number of rotatable bonds is 5. The maximum atomic E-state index is 6.50. The number of nitrogens with two attached hydrogens (primary N) is 1. The van der Waals surface area contributed by atoms with Crippen molar-refractivity contribution in [2.24, 2.45) is 5.73 Å². The summed E-state index contributed by atoms with van der Waals surface area (Å²) < 4.78 is 0. The van der Waals surface area contributed by atoms with E-state index in [0.29, 0.717) is 0 Å². The Hall–Kier alpha value is -1.90. The Labute approximate surface area is 134 Å². The fourth-order valence-corrected chi connectivity index (χ4v) is 2.71. The van der Waals surface area contributed by atoms with Crippen LogP contribution in [0.2, 0.25) is 0 Å². The van der Waals surface area contributed by atoms with Crippen LogP contribution >= 0.6 is 0 Å². The molecule has 0 saturated heterocycles. The van der Waals surface area contributed by atoms with E-state index in [4.69, 9.17) is 5.73 Å². The molecule has 0 atom stereocenters. The highest BCUT2D eigenvalue weighted by Crippen LogP contribution is 2.25. The van der Waals surface area contributed by atoms with Crippen molar-refractivity contribution in [3.8, 4) is 0 Å². The number of nitrogens with one attached hydrogen (secondary N) is 1. The Balaban J connectivity index is 2.24. The summed E-state index contributed by atoms with van der Waals surface area (Å²) in [6, 6.07) is 10.5. The molecule has 1 aromatic carbocycles. The smallest absolute Gasteiger partial charge is 0.123 e. The molecule has 3 nitrogen and oxygen atoms in total. The molecule has 0 aliphatic carbocycles. The van der Waals surface area contributed by atoms with Crippen molar-refractivity contribution in [3.63, 3.8) is 0 Å². The van der Waals surface area contributed by atoms with Crippen LogP contribution in [0.1, 0.15) is 46.1 Å². The topological polar surface area (TPSA) is 41.3 Å². The van der Waals surface area contributed by atoms with Crippen molar-refractivity contribution in [2.45, 2.75) is 52.6 Å². The molecule has 0 fully saturated rings. The lowest BCUT2D eigenvalue weighted by Crippen LogP contribution is -2.42. The third-order valence-corrected chi connectivity index (χ3v) is 3.71. The van der Waals surface area contributed by atoms with Crippen molar-refractivity contribution >= 4 is 0 Å². The SMILES string of the molecule is CCCC1=CCN(Cc2ccccc2)C(N)=C1NC(C)(C)C. The second-order valence-corrected chi connectivity index (χ2v) is 6.98. The summed E-state index contributed by atoms with van der Waals surface area (Å²) in [5.41, 5.74) is 10.2. The van der Waals surface area contributed by atoms with Gasteiger partial charge >= 0.3 is 0 Å². The van der Waals surface area contributed by atoms with Gasteiger partial charge in [-0.25, -0.2) is 0 Å². The predicted molar refractivity (Wildman–Crippen MR) is 93.9 cm³/mol. The van der Waals surface area contributed by atoms with Crippen LogP contribution < -0.4 is 11.1 Å². The minimum absolute atomic E-state index is 0.00252. The molecule has 1 aliphatic heterocycles. The largest absolute Gasteiger partial charge is 0.384 e. The summed E-state index contributed by atoms with van der Waals surface area (Å²) in [6.45, 7) is 10.5. The van der Waals surface area contributed by atoms with Gasteiger partial charge in [-0.2, -0.15) is 0 Å². The molecule has 1 heterocycles. The lowest BCUT2D eigenvalue weighted by atomic mass is 9.99. The minimum Gasteiger partial charge on any atom is -0.384 e. The van der Waals surface area contributed by atoms with E-state index in [1.54, 1.807) is 0 Å². The van der Waals surface area contributed by atoms with E-state index in [0.717, 1.165) is 37.4 Å². The normalized spacial score (nSPS) is 15.8. The van der Waals surface area contributed by atoms with Gasteiger partial charge in [-0.1, -0.05) is 49.8 Å². The van der Waals surface area contributed by atoms with Gasteiger partial charge < -0.3 is 16.0 Å². The molecule has 0 radical (unpaired) electrons. The highest BCUT2D eigenvalue weighted by Gasteiger charge is 2.23. The minimum atomic E-state index is 0.00252. The van der Waals surface area contributed by atoms with Crippen LogP contribution in [-0.4, -0.2) is 17.0 Å². The Kier molecular flexibility index (Phi) is 5.17.